The average molecular weight is 267 g/mol. The third-order valence-corrected chi connectivity index (χ3v) is 2.66. The van der Waals surface area contributed by atoms with Gasteiger partial charge in [0, 0.05) is 19.6 Å². The number of rotatable bonds is 7. The van der Waals surface area contributed by atoms with Gasteiger partial charge in [-0.2, -0.15) is 0 Å². The summed E-state index contributed by atoms with van der Waals surface area (Å²) in [5.41, 5.74) is 12.3. The maximum Gasteiger partial charge on any atom is 0.231 e. The zero-order valence-electron chi connectivity index (χ0n) is 11.5. The molecule has 5 heteroatoms. The second-order valence-electron chi connectivity index (χ2n) is 5.20. The van der Waals surface area contributed by atoms with Crippen molar-refractivity contribution in [3.63, 3.8) is 0 Å². The highest BCUT2D eigenvalue weighted by Gasteiger charge is 2.12. The molecular weight excluding hydrogens is 245 g/mol. The van der Waals surface area contributed by atoms with E-state index in [0.29, 0.717) is 19.0 Å². The highest BCUT2D eigenvalue weighted by atomic mass is 19.1. The summed E-state index contributed by atoms with van der Waals surface area (Å²) in [4.78, 5) is 13.0. The number of hydrogen-bond acceptors (Lipinski definition) is 3. The molecule has 0 radical (unpaired) electrons. The highest BCUT2D eigenvalue weighted by Crippen LogP contribution is 2.12. The number of hydrogen-bond donors (Lipinski definition) is 2. The van der Waals surface area contributed by atoms with Crippen LogP contribution in [0.1, 0.15) is 25.0 Å². The Morgan fingerprint density at radius 1 is 1.32 bits per heavy atom. The van der Waals surface area contributed by atoms with Crippen molar-refractivity contribution >= 4 is 5.91 Å². The molecule has 1 aromatic rings. The molecule has 19 heavy (non-hydrogen) atoms. The van der Waals surface area contributed by atoms with E-state index in [9.17, 15) is 9.18 Å². The molecule has 0 aliphatic heterocycles. The number of carbonyl (C=O) groups excluding carboxylic acids is 1. The van der Waals surface area contributed by atoms with Gasteiger partial charge >= 0.3 is 0 Å². The van der Waals surface area contributed by atoms with E-state index in [0.717, 1.165) is 17.7 Å². The molecule has 0 fully saturated rings. The summed E-state index contributed by atoms with van der Waals surface area (Å²) >= 11 is 0. The molecule has 0 aromatic heterocycles. The molecule has 0 unspecified atom stereocenters. The van der Waals surface area contributed by atoms with E-state index in [1.165, 1.54) is 12.1 Å². The Bertz CT molecular complexity index is 435. The molecular formula is C14H22FN3O. The first-order valence-electron chi connectivity index (χ1n) is 6.39. The number of primary amides is 1. The Morgan fingerprint density at radius 3 is 2.47 bits per heavy atom. The molecule has 0 spiro atoms. The van der Waals surface area contributed by atoms with E-state index >= 15 is 0 Å². The van der Waals surface area contributed by atoms with Gasteiger partial charge < -0.3 is 11.5 Å². The van der Waals surface area contributed by atoms with E-state index < -0.39 is 0 Å². The smallest absolute Gasteiger partial charge is 0.231 e. The van der Waals surface area contributed by atoms with Crippen molar-refractivity contribution in [3.8, 4) is 0 Å². The first-order valence-corrected chi connectivity index (χ1v) is 6.39. The molecule has 0 atom stereocenters. The van der Waals surface area contributed by atoms with E-state index in [2.05, 4.69) is 13.8 Å². The maximum absolute atomic E-state index is 13.4. The molecule has 4 nitrogen and oxygen atoms in total. The van der Waals surface area contributed by atoms with Gasteiger partial charge in [0.05, 0.1) is 6.54 Å². The van der Waals surface area contributed by atoms with Crippen LogP contribution >= 0.6 is 0 Å². The summed E-state index contributed by atoms with van der Waals surface area (Å²) < 4.78 is 13.4. The summed E-state index contributed by atoms with van der Waals surface area (Å²) in [7, 11) is 0. The average Bonchev–Trinajstić information content (AvgIpc) is 2.26. The first-order chi connectivity index (χ1) is 8.90. The third-order valence-electron chi connectivity index (χ3n) is 2.66. The lowest BCUT2D eigenvalue weighted by molar-refractivity contribution is -0.119. The molecule has 0 aliphatic rings. The van der Waals surface area contributed by atoms with Crippen molar-refractivity contribution in [2.75, 3.05) is 13.1 Å². The normalized spacial score (nSPS) is 11.3. The predicted octanol–water partition coefficient (Wildman–Crippen LogP) is 1.23. The summed E-state index contributed by atoms with van der Waals surface area (Å²) in [6, 6.07) is 4.75. The predicted molar refractivity (Wildman–Crippen MR) is 73.6 cm³/mol. The van der Waals surface area contributed by atoms with E-state index in [1.54, 1.807) is 0 Å². The van der Waals surface area contributed by atoms with Gasteiger partial charge in [-0.3, -0.25) is 9.69 Å². The summed E-state index contributed by atoms with van der Waals surface area (Å²) in [6.45, 7) is 5.82. The maximum atomic E-state index is 13.4. The Hall–Kier alpha value is -1.46. The number of benzene rings is 1. The van der Waals surface area contributed by atoms with Crippen LogP contribution in [0.3, 0.4) is 0 Å². The molecule has 0 saturated heterocycles. The lowest BCUT2D eigenvalue weighted by Gasteiger charge is -2.23. The lowest BCUT2D eigenvalue weighted by Crippen LogP contribution is -2.35. The van der Waals surface area contributed by atoms with Crippen LogP contribution < -0.4 is 11.5 Å². The van der Waals surface area contributed by atoms with Crippen LogP contribution in [0.4, 0.5) is 4.39 Å². The van der Waals surface area contributed by atoms with Gasteiger partial charge in [-0.15, -0.1) is 0 Å². The quantitative estimate of drug-likeness (QED) is 0.780. The number of halogens is 1. The fourth-order valence-corrected chi connectivity index (χ4v) is 2.11. The van der Waals surface area contributed by atoms with Crippen molar-refractivity contribution in [2.45, 2.75) is 26.9 Å². The first kappa shape index (κ1) is 15.6. The van der Waals surface area contributed by atoms with Crippen molar-refractivity contribution < 1.29 is 9.18 Å². The largest absolute Gasteiger partial charge is 0.369 e. The van der Waals surface area contributed by atoms with E-state index in [4.69, 9.17) is 11.5 Å². The van der Waals surface area contributed by atoms with Crippen LogP contribution in [0.15, 0.2) is 18.2 Å². The number of nitrogens with zero attached hydrogens (tertiary/aromatic N) is 1. The van der Waals surface area contributed by atoms with Crippen molar-refractivity contribution in [1.29, 1.82) is 0 Å². The Labute approximate surface area is 113 Å². The number of carbonyl (C=O) groups is 1. The highest BCUT2D eigenvalue weighted by molar-refractivity contribution is 5.75. The molecule has 1 aromatic carbocycles. The molecule has 0 aliphatic carbocycles. The van der Waals surface area contributed by atoms with Gasteiger partial charge in [0.2, 0.25) is 5.91 Å². The summed E-state index contributed by atoms with van der Waals surface area (Å²) in [6.07, 6.45) is 0. The zero-order valence-corrected chi connectivity index (χ0v) is 11.5. The summed E-state index contributed by atoms with van der Waals surface area (Å²) in [5.74, 6) is -0.278. The fraction of sp³-hybridized carbons (Fsp3) is 0.500. The standard InChI is InChI=1S/C14H22FN3O/c1-10(2)7-18(9-14(17)19)8-12-3-11(6-16)4-13(15)5-12/h3-5,10H,6-9,16H2,1-2H3,(H2,17,19). The minimum atomic E-state index is -0.379. The number of nitrogens with two attached hydrogens (primary N) is 2. The van der Waals surface area contributed by atoms with E-state index in [1.807, 2.05) is 11.0 Å². The van der Waals surface area contributed by atoms with Crippen molar-refractivity contribution in [1.82, 2.24) is 4.90 Å². The van der Waals surface area contributed by atoms with Crippen molar-refractivity contribution in [2.24, 2.45) is 17.4 Å². The molecule has 0 saturated carbocycles. The molecule has 4 N–H and O–H groups in total. The van der Waals surface area contributed by atoms with Crippen LogP contribution in [0.2, 0.25) is 0 Å². The molecule has 0 heterocycles. The minimum Gasteiger partial charge on any atom is -0.369 e. The van der Waals surface area contributed by atoms with Gasteiger partial charge in [-0.1, -0.05) is 19.9 Å². The van der Waals surface area contributed by atoms with Crippen molar-refractivity contribution in [3.05, 3.63) is 35.1 Å². The van der Waals surface area contributed by atoms with Crippen LogP contribution in [0.5, 0.6) is 0 Å². The topological polar surface area (TPSA) is 72.3 Å². The van der Waals surface area contributed by atoms with Gasteiger partial charge in [-0.25, -0.2) is 4.39 Å². The summed E-state index contributed by atoms with van der Waals surface area (Å²) in [5, 5.41) is 0. The van der Waals surface area contributed by atoms with Gasteiger partial charge in [-0.05, 0) is 29.2 Å². The zero-order chi connectivity index (χ0) is 14.4. The minimum absolute atomic E-state index is 0.173. The van der Waals surface area contributed by atoms with Crippen LogP contribution in [-0.4, -0.2) is 23.9 Å². The Kier molecular flexibility index (Phi) is 5.92. The lowest BCUT2D eigenvalue weighted by atomic mass is 10.1. The SMILES string of the molecule is CC(C)CN(CC(N)=O)Cc1cc(F)cc(CN)c1. The van der Waals surface area contributed by atoms with E-state index in [-0.39, 0.29) is 18.3 Å². The Balaban J connectivity index is 2.82. The van der Waals surface area contributed by atoms with Gasteiger partial charge in [0.1, 0.15) is 5.82 Å². The second-order valence-corrected chi connectivity index (χ2v) is 5.20. The third kappa shape index (κ3) is 5.81. The van der Waals surface area contributed by atoms with Crippen LogP contribution in [-0.2, 0) is 17.9 Å². The second kappa shape index (κ2) is 7.21. The van der Waals surface area contributed by atoms with Crippen LogP contribution in [0, 0.1) is 11.7 Å². The molecule has 1 amide bonds. The fourth-order valence-electron chi connectivity index (χ4n) is 2.11. The van der Waals surface area contributed by atoms with Crippen LogP contribution in [0.25, 0.3) is 0 Å². The molecule has 106 valence electrons. The Morgan fingerprint density at radius 2 is 1.95 bits per heavy atom. The monoisotopic (exact) mass is 267 g/mol. The number of amides is 1. The molecule has 0 bridgehead atoms. The van der Waals surface area contributed by atoms with Gasteiger partial charge in [0.25, 0.3) is 0 Å². The molecule has 1 rings (SSSR count). The van der Waals surface area contributed by atoms with Gasteiger partial charge in [0.15, 0.2) is 0 Å².